The van der Waals surface area contributed by atoms with Crippen LogP contribution in [0, 0.1) is 0 Å². The second-order valence-corrected chi connectivity index (χ2v) is 5.98. The zero-order valence-corrected chi connectivity index (χ0v) is 13.4. The molecule has 7 heteroatoms. The van der Waals surface area contributed by atoms with E-state index in [9.17, 15) is 9.59 Å². The summed E-state index contributed by atoms with van der Waals surface area (Å²) in [5.41, 5.74) is 4.87. The first kappa shape index (κ1) is 16.4. The Morgan fingerprint density at radius 1 is 1.45 bits per heavy atom. The smallest absolute Gasteiger partial charge is 0.255 e. The molecule has 0 bridgehead atoms. The van der Waals surface area contributed by atoms with Gasteiger partial charge < -0.3 is 16.4 Å². The van der Waals surface area contributed by atoms with E-state index < -0.39 is 11.4 Å². The molecule has 110 valence electrons. The molecule has 0 spiro atoms. The number of primary amides is 1. The molecule has 0 saturated heterocycles. The molecule has 0 fully saturated rings. The van der Waals surface area contributed by atoms with Crippen molar-refractivity contribution < 1.29 is 9.59 Å². The molecule has 0 atom stereocenters. The van der Waals surface area contributed by atoms with E-state index in [1.165, 1.54) is 0 Å². The lowest BCUT2D eigenvalue weighted by atomic mass is 9.99. The minimum absolute atomic E-state index is 0.0662. The molecule has 1 aromatic heterocycles. The second-order valence-electron chi connectivity index (χ2n) is 5.06. The highest BCUT2D eigenvalue weighted by atomic mass is 79.9. The van der Waals surface area contributed by atoms with Crippen molar-refractivity contribution >= 4 is 33.6 Å². The predicted molar refractivity (Wildman–Crippen MR) is 81.5 cm³/mol. The number of hydrogen-bond donors (Lipinski definition) is 3. The molecule has 2 amide bonds. The van der Waals surface area contributed by atoms with E-state index in [0.29, 0.717) is 22.4 Å². The summed E-state index contributed by atoms with van der Waals surface area (Å²) in [6.45, 7) is 6.06. The summed E-state index contributed by atoms with van der Waals surface area (Å²) in [5.74, 6) is -0.265. The Morgan fingerprint density at radius 3 is 2.65 bits per heavy atom. The van der Waals surface area contributed by atoms with Crippen LogP contribution in [-0.4, -0.2) is 28.9 Å². The number of nitrogens with one attached hydrogen (secondary N) is 2. The van der Waals surface area contributed by atoms with Gasteiger partial charge in [0.1, 0.15) is 5.82 Å². The van der Waals surface area contributed by atoms with E-state index in [0.717, 1.165) is 0 Å². The third kappa shape index (κ3) is 4.80. The van der Waals surface area contributed by atoms with Crippen LogP contribution in [0.25, 0.3) is 0 Å². The number of amides is 2. The molecule has 0 aromatic carbocycles. The first-order valence-corrected chi connectivity index (χ1v) is 7.04. The fourth-order valence-electron chi connectivity index (χ4n) is 1.78. The Balaban J connectivity index is 2.96. The van der Waals surface area contributed by atoms with Crippen molar-refractivity contribution in [2.45, 2.75) is 32.7 Å². The lowest BCUT2D eigenvalue weighted by Crippen LogP contribution is -2.46. The normalized spacial score (nSPS) is 11.0. The molecular formula is C13H19BrN4O2. The molecule has 1 aromatic rings. The maximum atomic E-state index is 12.3. The van der Waals surface area contributed by atoms with Crippen LogP contribution in [0.4, 0.5) is 5.82 Å². The summed E-state index contributed by atoms with van der Waals surface area (Å²) in [7, 11) is 0. The summed E-state index contributed by atoms with van der Waals surface area (Å²) in [6.07, 6.45) is 1.68. The number of pyridine rings is 1. The van der Waals surface area contributed by atoms with E-state index in [1.807, 2.05) is 6.92 Å². The largest absolute Gasteiger partial charge is 0.370 e. The molecule has 0 aliphatic carbocycles. The fraction of sp³-hybridized carbons (Fsp3) is 0.462. The van der Waals surface area contributed by atoms with E-state index in [2.05, 4.69) is 31.5 Å². The first-order chi connectivity index (χ1) is 9.25. The topological polar surface area (TPSA) is 97.1 Å². The maximum Gasteiger partial charge on any atom is 0.255 e. The molecule has 0 aliphatic heterocycles. The molecule has 6 nitrogen and oxygen atoms in total. The van der Waals surface area contributed by atoms with Crippen molar-refractivity contribution in [3.8, 4) is 0 Å². The van der Waals surface area contributed by atoms with Gasteiger partial charge in [0, 0.05) is 29.2 Å². The van der Waals surface area contributed by atoms with Crippen LogP contribution in [0.3, 0.4) is 0 Å². The van der Waals surface area contributed by atoms with Crippen molar-refractivity contribution in [2.75, 3.05) is 11.9 Å². The van der Waals surface area contributed by atoms with Crippen molar-refractivity contribution in [1.82, 2.24) is 10.3 Å². The molecule has 1 heterocycles. The zero-order valence-electron chi connectivity index (χ0n) is 11.8. The molecule has 20 heavy (non-hydrogen) atoms. The van der Waals surface area contributed by atoms with Gasteiger partial charge in [-0.3, -0.25) is 9.59 Å². The van der Waals surface area contributed by atoms with Gasteiger partial charge in [0.05, 0.1) is 5.56 Å². The average molecular weight is 343 g/mol. The van der Waals surface area contributed by atoms with Gasteiger partial charge in [-0.1, -0.05) is 0 Å². The molecule has 1 rings (SSSR count). The zero-order chi connectivity index (χ0) is 15.3. The van der Waals surface area contributed by atoms with Crippen LogP contribution in [-0.2, 0) is 4.79 Å². The summed E-state index contributed by atoms with van der Waals surface area (Å²) in [5, 5.41) is 5.82. The van der Waals surface area contributed by atoms with Crippen LogP contribution in [0.2, 0.25) is 0 Å². The Bertz CT molecular complexity index is 517. The molecule has 0 aliphatic rings. The Morgan fingerprint density at radius 2 is 2.10 bits per heavy atom. The van der Waals surface area contributed by atoms with Crippen LogP contribution < -0.4 is 16.4 Å². The number of aromatic nitrogens is 1. The van der Waals surface area contributed by atoms with Crippen molar-refractivity contribution in [3.63, 3.8) is 0 Å². The van der Waals surface area contributed by atoms with Crippen LogP contribution >= 0.6 is 15.9 Å². The number of halogens is 1. The van der Waals surface area contributed by atoms with Crippen molar-refractivity contribution in [1.29, 1.82) is 0 Å². The maximum absolute atomic E-state index is 12.3. The summed E-state index contributed by atoms with van der Waals surface area (Å²) < 4.78 is 0.706. The van der Waals surface area contributed by atoms with Crippen LogP contribution in [0.15, 0.2) is 16.7 Å². The number of carbonyl (C=O) groups is 2. The number of rotatable bonds is 6. The van der Waals surface area contributed by atoms with Gasteiger partial charge in [0.2, 0.25) is 5.91 Å². The highest BCUT2D eigenvalue weighted by Crippen LogP contribution is 2.19. The minimum atomic E-state index is -0.714. The first-order valence-electron chi connectivity index (χ1n) is 6.25. The van der Waals surface area contributed by atoms with E-state index >= 15 is 0 Å². The Hall–Kier alpha value is -1.63. The fourth-order valence-corrected chi connectivity index (χ4v) is 2.11. The standard InChI is InChI=1S/C13H19BrN4O2/c1-4-16-11-9(5-8(14)7-17-11)12(20)18-13(2,3)6-10(15)19/h5,7H,4,6H2,1-3H3,(H2,15,19)(H,16,17)(H,18,20). The number of hydrogen-bond acceptors (Lipinski definition) is 4. The van der Waals surface area contributed by atoms with Gasteiger partial charge in [-0.2, -0.15) is 0 Å². The number of nitrogens with two attached hydrogens (primary N) is 1. The quantitative estimate of drug-likeness (QED) is 0.732. The van der Waals surface area contributed by atoms with Gasteiger partial charge in [0.15, 0.2) is 0 Å². The second kappa shape index (κ2) is 6.69. The minimum Gasteiger partial charge on any atom is -0.370 e. The number of carbonyl (C=O) groups excluding carboxylic acids is 2. The van der Waals surface area contributed by atoms with E-state index in [1.54, 1.807) is 26.1 Å². The van der Waals surface area contributed by atoms with Gasteiger partial charge >= 0.3 is 0 Å². The summed E-state index contributed by atoms with van der Waals surface area (Å²) >= 11 is 3.29. The Kier molecular flexibility index (Phi) is 5.50. The predicted octanol–water partition coefficient (Wildman–Crippen LogP) is 1.66. The van der Waals surface area contributed by atoms with E-state index in [-0.39, 0.29) is 12.3 Å². The van der Waals surface area contributed by atoms with Crippen LogP contribution in [0.5, 0.6) is 0 Å². The highest BCUT2D eigenvalue weighted by Gasteiger charge is 2.25. The molecule has 4 N–H and O–H groups in total. The van der Waals surface area contributed by atoms with Gasteiger partial charge in [-0.15, -0.1) is 0 Å². The Labute approximate surface area is 126 Å². The lowest BCUT2D eigenvalue weighted by molar-refractivity contribution is -0.119. The molecular weight excluding hydrogens is 324 g/mol. The SMILES string of the molecule is CCNc1ncc(Br)cc1C(=O)NC(C)(C)CC(N)=O. The van der Waals surface area contributed by atoms with E-state index in [4.69, 9.17) is 5.73 Å². The van der Waals surface area contributed by atoms with Crippen molar-refractivity contribution in [3.05, 3.63) is 22.3 Å². The summed E-state index contributed by atoms with van der Waals surface area (Å²) in [6, 6.07) is 1.68. The number of nitrogens with zero attached hydrogens (tertiary/aromatic N) is 1. The van der Waals surface area contributed by atoms with Gasteiger partial charge in [-0.05, 0) is 42.8 Å². The monoisotopic (exact) mass is 342 g/mol. The summed E-state index contributed by atoms with van der Waals surface area (Å²) in [4.78, 5) is 27.5. The third-order valence-electron chi connectivity index (χ3n) is 2.51. The third-order valence-corrected chi connectivity index (χ3v) is 2.94. The van der Waals surface area contributed by atoms with Crippen molar-refractivity contribution in [2.24, 2.45) is 5.73 Å². The molecule has 0 unspecified atom stereocenters. The number of anilines is 1. The van der Waals surface area contributed by atoms with Gasteiger partial charge in [-0.25, -0.2) is 4.98 Å². The van der Waals surface area contributed by atoms with Gasteiger partial charge in [0.25, 0.3) is 5.91 Å². The van der Waals surface area contributed by atoms with Crippen LogP contribution in [0.1, 0.15) is 37.6 Å². The average Bonchev–Trinajstić information content (AvgIpc) is 2.29. The molecule has 0 saturated carbocycles. The lowest BCUT2D eigenvalue weighted by Gasteiger charge is -2.25. The highest BCUT2D eigenvalue weighted by molar-refractivity contribution is 9.10. The molecule has 0 radical (unpaired) electrons.